The van der Waals surface area contributed by atoms with E-state index < -0.39 is 5.60 Å². The number of carbonyl (C=O) groups is 1. The number of aliphatic hydroxyl groups is 1. The highest BCUT2D eigenvalue weighted by Gasteiger charge is 2.39. The van der Waals surface area contributed by atoms with Gasteiger partial charge in [-0.25, -0.2) is 4.39 Å². The third kappa shape index (κ3) is 1.93. The molecule has 0 atom stereocenters. The van der Waals surface area contributed by atoms with Gasteiger partial charge in [0.15, 0.2) is 0 Å². The van der Waals surface area contributed by atoms with Gasteiger partial charge in [0.25, 0.3) is 5.91 Å². The minimum atomic E-state index is -0.774. The highest BCUT2D eigenvalue weighted by molar-refractivity contribution is 5.96. The van der Waals surface area contributed by atoms with Crippen molar-refractivity contribution < 1.29 is 14.3 Å². The van der Waals surface area contributed by atoms with Crippen molar-refractivity contribution in [2.24, 2.45) is 0 Å². The van der Waals surface area contributed by atoms with Crippen molar-refractivity contribution in [1.82, 2.24) is 4.90 Å². The molecule has 0 unspecified atom stereocenters. The molecule has 0 spiro atoms. The molecular formula is C12H14FNO2. The van der Waals surface area contributed by atoms with Crippen LogP contribution in [0.3, 0.4) is 0 Å². The molecule has 0 radical (unpaired) electrons. The molecule has 16 heavy (non-hydrogen) atoms. The van der Waals surface area contributed by atoms with Crippen LogP contribution in [-0.2, 0) is 0 Å². The van der Waals surface area contributed by atoms with E-state index >= 15 is 0 Å². The molecule has 4 heteroatoms. The second-order valence-electron chi connectivity index (χ2n) is 4.62. The Morgan fingerprint density at radius 2 is 2.12 bits per heavy atom. The molecule has 1 heterocycles. The molecule has 1 fully saturated rings. The summed E-state index contributed by atoms with van der Waals surface area (Å²) < 4.78 is 12.9. The number of hydrogen-bond donors (Lipinski definition) is 1. The minimum absolute atomic E-state index is 0.149. The Labute approximate surface area is 93.5 Å². The lowest BCUT2D eigenvalue weighted by Gasteiger charge is -2.44. The molecule has 0 aliphatic carbocycles. The molecule has 1 amide bonds. The van der Waals surface area contributed by atoms with Gasteiger partial charge in [0.05, 0.1) is 18.7 Å². The van der Waals surface area contributed by atoms with Crippen molar-refractivity contribution >= 4 is 5.91 Å². The first kappa shape index (κ1) is 11.1. The van der Waals surface area contributed by atoms with Gasteiger partial charge in [0.1, 0.15) is 5.82 Å². The number of aryl methyl sites for hydroxylation is 1. The van der Waals surface area contributed by atoms with Gasteiger partial charge in [-0.2, -0.15) is 0 Å². The van der Waals surface area contributed by atoms with Crippen LogP contribution in [0.1, 0.15) is 22.8 Å². The summed E-state index contributed by atoms with van der Waals surface area (Å²) in [7, 11) is 0. The van der Waals surface area contributed by atoms with E-state index in [-0.39, 0.29) is 11.7 Å². The zero-order valence-corrected chi connectivity index (χ0v) is 9.33. The normalized spacial score (nSPS) is 18.1. The highest BCUT2D eigenvalue weighted by Crippen LogP contribution is 2.23. The summed E-state index contributed by atoms with van der Waals surface area (Å²) in [5, 5.41) is 9.54. The molecule has 1 aliphatic rings. The molecule has 0 saturated carbocycles. The Bertz CT molecular complexity index is 435. The molecular weight excluding hydrogens is 209 g/mol. The van der Waals surface area contributed by atoms with Crippen LogP contribution >= 0.6 is 0 Å². The van der Waals surface area contributed by atoms with Crippen molar-refractivity contribution in [2.75, 3.05) is 13.1 Å². The quantitative estimate of drug-likeness (QED) is 0.780. The smallest absolute Gasteiger partial charge is 0.254 e. The first-order valence-corrected chi connectivity index (χ1v) is 5.17. The van der Waals surface area contributed by atoms with Gasteiger partial charge >= 0.3 is 0 Å². The summed E-state index contributed by atoms with van der Waals surface area (Å²) in [6, 6.07) is 4.10. The number of amides is 1. The molecule has 0 bridgehead atoms. The van der Waals surface area contributed by atoms with Gasteiger partial charge in [-0.05, 0) is 37.6 Å². The first-order chi connectivity index (χ1) is 7.39. The maximum absolute atomic E-state index is 12.9. The lowest BCUT2D eigenvalue weighted by Crippen LogP contribution is -2.61. The van der Waals surface area contributed by atoms with Gasteiger partial charge in [0.2, 0.25) is 0 Å². The van der Waals surface area contributed by atoms with Crippen LogP contribution in [0.4, 0.5) is 4.39 Å². The minimum Gasteiger partial charge on any atom is -0.386 e. The van der Waals surface area contributed by atoms with Crippen LogP contribution in [0.25, 0.3) is 0 Å². The predicted octanol–water partition coefficient (Wildman–Crippen LogP) is 1.34. The molecule has 2 rings (SSSR count). The van der Waals surface area contributed by atoms with E-state index in [1.54, 1.807) is 18.7 Å². The van der Waals surface area contributed by atoms with E-state index in [9.17, 15) is 14.3 Å². The zero-order valence-electron chi connectivity index (χ0n) is 9.33. The van der Waals surface area contributed by atoms with Crippen molar-refractivity contribution in [2.45, 2.75) is 19.4 Å². The number of nitrogens with zero attached hydrogens (tertiary/aromatic N) is 1. The maximum Gasteiger partial charge on any atom is 0.254 e. The molecule has 1 aromatic carbocycles. The van der Waals surface area contributed by atoms with Gasteiger partial charge in [-0.15, -0.1) is 0 Å². The maximum atomic E-state index is 12.9. The summed E-state index contributed by atoms with van der Waals surface area (Å²) in [4.78, 5) is 13.5. The van der Waals surface area contributed by atoms with Gasteiger partial charge in [-0.1, -0.05) is 0 Å². The van der Waals surface area contributed by atoms with Crippen molar-refractivity contribution in [1.29, 1.82) is 0 Å². The standard InChI is InChI=1S/C12H14FNO2/c1-8-5-9(13)3-4-10(8)11(15)14-6-12(2,16)7-14/h3-5,16H,6-7H2,1-2H3. The Balaban J connectivity index is 2.16. The fourth-order valence-electron chi connectivity index (χ4n) is 1.96. The van der Waals surface area contributed by atoms with Crippen LogP contribution in [0.5, 0.6) is 0 Å². The number of β-amino-alcohol motifs (C(OH)–C–C–N with tert-alkyl or cyclic N) is 1. The topological polar surface area (TPSA) is 40.5 Å². The summed E-state index contributed by atoms with van der Waals surface area (Å²) in [5.74, 6) is -0.492. The van der Waals surface area contributed by atoms with E-state index in [4.69, 9.17) is 0 Å². The van der Waals surface area contributed by atoms with Crippen molar-refractivity contribution in [3.8, 4) is 0 Å². The molecule has 86 valence electrons. The Hall–Kier alpha value is -1.42. The van der Waals surface area contributed by atoms with Gasteiger partial charge in [-0.3, -0.25) is 4.79 Å². The summed E-state index contributed by atoms with van der Waals surface area (Å²) in [6.45, 7) is 4.06. The molecule has 3 nitrogen and oxygen atoms in total. The average Bonchev–Trinajstić information content (AvgIpc) is 2.13. The highest BCUT2D eigenvalue weighted by atomic mass is 19.1. The fraction of sp³-hybridized carbons (Fsp3) is 0.417. The summed E-state index contributed by atoms with van der Waals surface area (Å²) in [5.41, 5.74) is 0.345. The summed E-state index contributed by atoms with van der Waals surface area (Å²) in [6.07, 6.45) is 0. The summed E-state index contributed by atoms with van der Waals surface area (Å²) >= 11 is 0. The first-order valence-electron chi connectivity index (χ1n) is 5.17. The van der Waals surface area contributed by atoms with E-state index in [2.05, 4.69) is 0 Å². The van der Waals surface area contributed by atoms with Crippen molar-refractivity contribution in [3.05, 3.63) is 35.1 Å². The van der Waals surface area contributed by atoms with Crippen LogP contribution in [-0.4, -0.2) is 34.6 Å². The lowest BCUT2D eigenvalue weighted by atomic mass is 9.95. The number of benzene rings is 1. The second kappa shape index (κ2) is 3.56. The van der Waals surface area contributed by atoms with E-state index in [1.807, 2.05) is 0 Å². The van der Waals surface area contributed by atoms with Crippen LogP contribution in [0, 0.1) is 12.7 Å². The number of likely N-dealkylation sites (tertiary alicyclic amines) is 1. The number of rotatable bonds is 1. The lowest BCUT2D eigenvalue weighted by molar-refractivity contribution is -0.0669. The largest absolute Gasteiger partial charge is 0.386 e. The van der Waals surface area contributed by atoms with Crippen LogP contribution < -0.4 is 0 Å². The predicted molar refractivity (Wildman–Crippen MR) is 57.7 cm³/mol. The number of carbonyl (C=O) groups excluding carboxylic acids is 1. The molecule has 1 aliphatic heterocycles. The van der Waals surface area contributed by atoms with E-state index in [1.165, 1.54) is 18.2 Å². The van der Waals surface area contributed by atoms with Crippen LogP contribution in [0.15, 0.2) is 18.2 Å². The SMILES string of the molecule is Cc1cc(F)ccc1C(=O)N1CC(C)(O)C1. The van der Waals surface area contributed by atoms with E-state index in [0.717, 1.165) is 0 Å². The Morgan fingerprint density at radius 1 is 1.50 bits per heavy atom. The van der Waals surface area contributed by atoms with Crippen molar-refractivity contribution in [3.63, 3.8) is 0 Å². The second-order valence-corrected chi connectivity index (χ2v) is 4.62. The van der Waals surface area contributed by atoms with Crippen LogP contribution in [0.2, 0.25) is 0 Å². The third-order valence-electron chi connectivity index (χ3n) is 2.77. The monoisotopic (exact) mass is 223 g/mol. The molecule has 1 aromatic rings. The molecule has 0 aromatic heterocycles. The zero-order chi connectivity index (χ0) is 11.9. The Morgan fingerprint density at radius 3 is 2.62 bits per heavy atom. The number of hydrogen-bond acceptors (Lipinski definition) is 2. The Kier molecular flexibility index (Phi) is 2.46. The van der Waals surface area contributed by atoms with E-state index in [0.29, 0.717) is 24.2 Å². The van der Waals surface area contributed by atoms with Gasteiger partial charge in [0, 0.05) is 5.56 Å². The average molecular weight is 223 g/mol. The number of halogens is 1. The fourth-order valence-corrected chi connectivity index (χ4v) is 1.96. The third-order valence-corrected chi connectivity index (χ3v) is 2.77. The van der Waals surface area contributed by atoms with Gasteiger partial charge < -0.3 is 10.0 Å². The molecule has 1 N–H and O–H groups in total. The molecule has 1 saturated heterocycles.